The molecule has 0 radical (unpaired) electrons. The molecule has 8 heteroatoms. The van der Waals surface area contributed by atoms with Crippen molar-refractivity contribution in [1.82, 2.24) is 19.9 Å². The van der Waals surface area contributed by atoms with Crippen molar-refractivity contribution in [2.45, 2.75) is 26.9 Å². The summed E-state index contributed by atoms with van der Waals surface area (Å²) in [6.45, 7) is 8.87. The summed E-state index contributed by atoms with van der Waals surface area (Å²) in [5, 5.41) is 5.13. The van der Waals surface area contributed by atoms with Gasteiger partial charge in [0.2, 0.25) is 17.5 Å². The van der Waals surface area contributed by atoms with Gasteiger partial charge >= 0.3 is 5.97 Å². The van der Waals surface area contributed by atoms with Crippen LogP contribution in [0, 0.1) is 6.92 Å². The highest BCUT2D eigenvalue weighted by molar-refractivity contribution is 5.96. The van der Waals surface area contributed by atoms with Crippen LogP contribution in [0.25, 0.3) is 22.4 Å². The van der Waals surface area contributed by atoms with Crippen LogP contribution in [0.3, 0.4) is 0 Å². The van der Waals surface area contributed by atoms with E-state index in [2.05, 4.69) is 19.9 Å². The highest BCUT2D eigenvalue weighted by Gasteiger charge is 2.26. The van der Waals surface area contributed by atoms with E-state index in [-0.39, 0.29) is 0 Å². The Morgan fingerprint density at radius 3 is 2.47 bits per heavy atom. The first kappa shape index (κ1) is 22.3. The lowest BCUT2D eigenvalue weighted by molar-refractivity contribution is 0.0487. The molecular formula is C26H28N4O4. The highest BCUT2D eigenvalue weighted by atomic mass is 16.5. The summed E-state index contributed by atoms with van der Waals surface area (Å²) in [5.74, 6) is 1.15. The zero-order chi connectivity index (χ0) is 23.5. The average molecular weight is 461 g/mol. The Morgan fingerprint density at radius 1 is 1.00 bits per heavy atom. The summed E-state index contributed by atoms with van der Waals surface area (Å²) >= 11 is 0. The smallest absolute Gasteiger partial charge is 0.374 e. The lowest BCUT2D eigenvalue weighted by atomic mass is 10.1. The molecule has 5 rings (SSSR count). The van der Waals surface area contributed by atoms with Crippen LogP contribution in [0.1, 0.15) is 34.5 Å². The van der Waals surface area contributed by atoms with Gasteiger partial charge in [0.25, 0.3) is 0 Å². The van der Waals surface area contributed by atoms with Gasteiger partial charge in [-0.15, -0.1) is 0 Å². The Morgan fingerprint density at radius 2 is 1.71 bits per heavy atom. The third-order valence-electron chi connectivity index (χ3n) is 6.22. The number of hydrogen-bond donors (Lipinski definition) is 0. The minimum atomic E-state index is -0.409. The second-order valence-electron chi connectivity index (χ2n) is 8.51. The quantitative estimate of drug-likeness (QED) is 0.378. The van der Waals surface area contributed by atoms with E-state index in [0.717, 1.165) is 48.3 Å². The number of benzene rings is 2. The normalized spacial score (nSPS) is 15.1. The van der Waals surface area contributed by atoms with Gasteiger partial charge in [0.15, 0.2) is 0 Å². The average Bonchev–Trinajstić information content (AvgIpc) is 3.46. The molecule has 0 atom stereocenters. The molecule has 176 valence electrons. The number of hydrogen-bond acceptors (Lipinski definition) is 8. The fourth-order valence-electron chi connectivity index (χ4n) is 4.39. The van der Waals surface area contributed by atoms with Gasteiger partial charge in [0, 0.05) is 49.2 Å². The molecule has 2 aromatic heterocycles. The number of rotatable bonds is 7. The molecule has 0 aliphatic carbocycles. The Kier molecular flexibility index (Phi) is 6.42. The molecule has 1 aliphatic heterocycles. The number of fused-ring (bicyclic) bond motifs is 1. The molecule has 0 spiro atoms. The van der Waals surface area contributed by atoms with Gasteiger partial charge in [-0.2, -0.15) is 4.98 Å². The topological polar surface area (TPSA) is 84.8 Å². The van der Waals surface area contributed by atoms with Crippen molar-refractivity contribution < 1.29 is 18.5 Å². The molecule has 34 heavy (non-hydrogen) atoms. The van der Waals surface area contributed by atoms with E-state index in [1.807, 2.05) is 55.5 Å². The lowest BCUT2D eigenvalue weighted by Gasteiger charge is -2.33. The van der Waals surface area contributed by atoms with Gasteiger partial charge in [0.1, 0.15) is 5.58 Å². The fraction of sp³-hybridized carbons (Fsp3) is 0.346. The van der Waals surface area contributed by atoms with Crippen molar-refractivity contribution in [1.29, 1.82) is 0 Å². The Balaban J connectivity index is 1.23. The summed E-state index contributed by atoms with van der Waals surface area (Å²) in [7, 11) is 0. The number of esters is 1. The SMILES string of the molecule is CCOC(=O)c1oc2ccccc2c1CN1CCN(Cc2nc(-c3ccccc3C)no2)CC1. The molecule has 1 saturated heterocycles. The van der Waals surface area contributed by atoms with Crippen molar-refractivity contribution in [2.75, 3.05) is 32.8 Å². The van der Waals surface area contributed by atoms with Crippen LogP contribution in [-0.4, -0.2) is 58.7 Å². The standard InChI is InChI=1S/C26H28N4O4/c1-3-32-26(31)24-21(20-10-6-7-11-22(20)33-24)16-29-12-14-30(15-13-29)17-23-27-25(28-34-23)19-9-5-4-8-18(19)2/h4-11H,3,12-17H2,1-2H3. The van der Waals surface area contributed by atoms with Gasteiger partial charge in [-0.05, 0) is 25.5 Å². The molecular weight excluding hydrogens is 432 g/mol. The highest BCUT2D eigenvalue weighted by Crippen LogP contribution is 2.28. The van der Waals surface area contributed by atoms with Crippen molar-refractivity contribution >= 4 is 16.9 Å². The van der Waals surface area contributed by atoms with Gasteiger partial charge < -0.3 is 13.7 Å². The van der Waals surface area contributed by atoms with E-state index in [0.29, 0.717) is 42.8 Å². The molecule has 0 amide bonds. The minimum absolute atomic E-state index is 0.306. The fourth-order valence-corrected chi connectivity index (χ4v) is 4.39. The van der Waals surface area contributed by atoms with Crippen LogP contribution in [0.5, 0.6) is 0 Å². The van der Waals surface area contributed by atoms with Crippen LogP contribution in [0.15, 0.2) is 57.5 Å². The Bertz CT molecular complexity index is 1290. The minimum Gasteiger partial charge on any atom is -0.460 e. The molecule has 8 nitrogen and oxygen atoms in total. The number of ether oxygens (including phenoxy) is 1. The summed E-state index contributed by atoms with van der Waals surface area (Å²) in [5.41, 5.74) is 3.71. The predicted molar refractivity (Wildman–Crippen MR) is 127 cm³/mol. The molecule has 1 aliphatic rings. The predicted octanol–water partition coefficient (Wildman–Crippen LogP) is 4.29. The van der Waals surface area contributed by atoms with Crippen LogP contribution < -0.4 is 0 Å². The second kappa shape index (κ2) is 9.79. The van der Waals surface area contributed by atoms with Crippen LogP contribution in [0.2, 0.25) is 0 Å². The monoisotopic (exact) mass is 460 g/mol. The first-order chi connectivity index (χ1) is 16.6. The van der Waals surface area contributed by atoms with Crippen molar-refractivity contribution in [3.63, 3.8) is 0 Å². The number of para-hydroxylation sites is 1. The maximum atomic E-state index is 12.5. The molecule has 2 aromatic carbocycles. The maximum Gasteiger partial charge on any atom is 0.374 e. The zero-order valence-corrected chi connectivity index (χ0v) is 19.5. The number of aromatic nitrogens is 2. The Hall–Kier alpha value is -3.49. The van der Waals surface area contributed by atoms with Crippen molar-refractivity contribution in [2.24, 2.45) is 0 Å². The molecule has 0 bridgehead atoms. The first-order valence-corrected chi connectivity index (χ1v) is 11.6. The number of carbonyl (C=O) groups excluding carboxylic acids is 1. The third-order valence-corrected chi connectivity index (χ3v) is 6.22. The van der Waals surface area contributed by atoms with Crippen molar-refractivity contribution in [3.05, 3.63) is 71.3 Å². The number of piperazine rings is 1. The summed E-state index contributed by atoms with van der Waals surface area (Å²) in [4.78, 5) is 21.7. The zero-order valence-electron chi connectivity index (χ0n) is 19.5. The van der Waals surface area contributed by atoms with E-state index in [9.17, 15) is 4.79 Å². The van der Waals surface area contributed by atoms with E-state index in [1.165, 1.54) is 0 Å². The van der Waals surface area contributed by atoms with Gasteiger partial charge in [-0.3, -0.25) is 9.80 Å². The third kappa shape index (κ3) is 4.60. The molecule has 4 aromatic rings. The van der Waals surface area contributed by atoms with Gasteiger partial charge in [-0.25, -0.2) is 4.79 Å². The number of nitrogens with zero attached hydrogens (tertiary/aromatic N) is 4. The maximum absolute atomic E-state index is 12.5. The summed E-state index contributed by atoms with van der Waals surface area (Å²) in [6.07, 6.45) is 0. The molecule has 0 N–H and O–H groups in total. The molecule has 3 heterocycles. The first-order valence-electron chi connectivity index (χ1n) is 11.6. The Labute approximate surface area is 198 Å². The molecule has 0 unspecified atom stereocenters. The van der Waals surface area contributed by atoms with Gasteiger partial charge in [0.05, 0.1) is 13.2 Å². The summed E-state index contributed by atoms with van der Waals surface area (Å²) in [6, 6.07) is 15.8. The number of furan rings is 1. The van der Waals surface area contributed by atoms with E-state index in [1.54, 1.807) is 6.92 Å². The molecule has 1 fully saturated rings. The van der Waals surface area contributed by atoms with Crippen molar-refractivity contribution in [3.8, 4) is 11.4 Å². The number of aryl methyl sites for hydroxylation is 1. The lowest BCUT2D eigenvalue weighted by Crippen LogP contribution is -2.45. The van der Waals surface area contributed by atoms with E-state index < -0.39 is 5.97 Å². The van der Waals surface area contributed by atoms with E-state index in [4.69, 9.17) is 13.7 Å². The van der Waals surface area contributed by atoms with Crippen LogP contribution in [-0.2, 0) is 17.8 Å². The summed E-state index contributed by atoms with van der Waals surface area (Å²) < 4.78 is 16.6. The van der Waals surface area contributed by atoms with Crippen LogP contribution >= 0.6 is 0 Å². The van der Waals surface area contributed by atoms with Gasteiger partial charge in [-0.1, -0.05) is 47.6 Å². The largest absolute Gasteiger partial charge is 0.460 e. The number of carbonyl (C=O) groups is 1. The second-order valence-corrected chi connectivity index (χ2v) is 8.51. The van der Waals surface area contributed by atoms with Crippen LogP contribution in [0.4, 0.5) is 0 Å². The van der Waals surface area contributed by atoms with E-state index >= 15 is 0 Å². The molecule has 0 saturated carbocycles.